The molecule has 0 spiro atoms. The Morgan fingerprint density at radius 3 is 2.70 bits per heavy atom. The predicted molar refractivity (Wildman–Crippen MR) is 126 cm³/mol. The minimum Gasteiger partial charge on any atom is -0.452 e. The van der Waals surface area contributed by atoms with Gasteiger partial charge in [0, 0.05) is 12.6 Å². The van der Waals surface area contributed by atoms with Crippen LogP contribution in [0.4, 0.5) is 5.69 Å². The van der Waals surface area contributed by atoms with E-state index in [0.29, 0.717) is 30.5 Å². The van der Waals surface area contributed by atoms with Crippen molar-refractivity contribution in [1.82, 2.24) is 5.32 Å². The van der Waals surface area contributed by atoms with Crippen LogP contribution in [-0.2, 0) is 26.0 Å². The molecule has 0 unspecified atom stereocenters. The zero-order valence-electron chi connectivity index (χ0n) is 19.0. The second-order valence-corrected chi connectivity index (χ2v) is 10.9. The van der Waals surface area contributed by atoms with Gasteiger partial charge < -0.3 is 10.1 Å². The maximum absolute atomic E-state index is 13.2. The first-order valence-corrected chi connectivity index (χ1v) is 12.9. The molecule has 1 saturated carbocycles. The Hall–Kier alpha value is -2.87. The zero-order valence-corrected chi connectivity index (χ0v) is 19.8. The van der Waals surface area contributed by atoms with Gasteiger partial charge in [-0.1, -0.05) is 51.0 Å². The molecule has 7 nitrogen and oxygen atoms in total. The SMILES string of the molecule is C[C@H]1[C@H](C)CCC[C@H]1NC(=O)COC(=O)c1cccc(S(=O)(=O)N2CCc3ccccc32)c1. The molecule has 0 saturated heterocycles. The fourth-order valence-corrected chi connectivity index (χ4v) is 6.27. The van der Waals surface area contributed by atoms with E-state index in [-0.39, 0.29) is 22.4 Å². The van der Waals surface area contributed by atoms with Gasteiger partial charge in [-0.3, -0.25) is 9.10 Å². The van der Waals surface area contributed by atoms with Crippen LogP contribution in [0.25, 0.3) is 0 Å². The van der Waals surface area contributed by atoms with Gasteiger partial charge in [0.1, 0.15) is 0 Å². The van der Waals surface area contributed by atoms with Crippen LogP contribution >= 0.6 is 0 Å². The number of rotatable bonds is 6. The minimum atomic E-state index is -3.82. The number of sulfonamides is 1. The number of anilines is 1. The van der Waals surface area contributed by atoms with Crippen molar-refractivity contribution in [3.05, 3.63) is 59.7 Å². The highest BCUT2D eigenvalue weighted by atomic mass is 32.2. The van der Waals surface area contributed by atoms with Crippen LogP contribution in [0.3, 0.4) is 0 Å². The van der Waals surface area contributed by atoms with E-state index in [1.807, 2.05) is 12.1 Å². The Bertz CT molecular complexity index is 1150. The van der Waals surface area contributed by atoms with Gasteiger partial charge >= 0.3 is 5.97 Å². The quantitative estimate of drug-likeness (QED) is 0.652. The molecule has 1 heterocycles. The summed E-state index contributed by atoms with van der Waals surface area (Å²) in [5.74, 6) is -0.157. The Morgan fingerprint density at radius 1 is 1.09 bits per heavy atom. The van der Waals surface area contributed by atoms with Gasteiger partial charge in [-0.05, 0) is 54.5 Å². The summed E-state index contributed by atoms with van der Waals surface area (Å²) in [7, 11) is -3.82. The van der Waals surface area contributed by atoms with Gasteiger partial charge in [0.25, 0.3) is 15.9 Å². The number of hydrogen-bond acceptors (Lipinski definition) is 5. The number of ether oxygens (including phenoxy) is 1. The number of nitrogens with one attached hydrogen (secondary N) is 1. The fourth-order valence-electron chi connectivity index (χ4n) is 4.72. The lowest BCUT2D eigenvalue weighted by molar-refractivity contribution is -0.125. The largest absolute Gasteiger partial charge is 0.452 e. The highest BCUT2D eigenvalue weighted by Gasteiger charge is 2.31. The number of benzene rings is 2. The molecule has 2 aliphatic rings. The summed E-state index contributed by atoms with van der Waals surface area (Å²) in [6.45, 7) is 4.28. The summed E-state index contributed by atoms with van der Waals surface area (Å²) in [6, 6.07) is 13.2. The number of esters is 1. The lowest BCUT2D eigenvalue weighted by Gasteiger charge is -2.34. The van der Waals surface area contributed by atoms with Crippen LogP contribution in [0.2, 0.25) is 0 Å². The second-order valence-electron chi connectivity index (χ2n) is 9.00. The molecule has 4 rings (SSSR count). The van der Waals surface area contributed by atoms with Gasteiger partial charge in [-0.15, -0.1) is 0 Å². The van der Waals surface area contributed by atoms with Crippen LogP contribution in [0.1, 0.15) is 49.0 Å². The molecule has 33 heavy (non-hydrogen) atoms. The molecular weight excluding hydrogens is 440 g/mol. The normalized spacial score (nSPS) is 22.5. The lowest BCUT2D eigenvalue weighted by atomic mass is 9.78. The zero-order chi connectivity index (χ0) is 23.6. The number of nitrogens with zero attached hydrogens (tertiary/aromatic N) is 1. The fraction of sp³-hybridized carbons (Fsp3) is 0.440. The van der Waals surface area contributed by atoms with Gasteiger partial charge in [-0.2, -0.15) is 0 Å². The number of fused-ring (bicyclic) bond motifs is 1. The number of carbonyl (C=O) groups is 2. The Labute approximate surface area is 195 Å². The molecule has 0 radical (unpaired) electrons. The smallest absolute Gasteiger partial charge is 0.338 e. The first-order chi connectivity index (χ1) is 15.8. The van der Waals surface area contributed by atoms with E-state index >= 15 is 0 Å². The van der Waals surface area contributed by atoms with Crippen molar-refractivity contribution in [2.45, 2.75) is 50.5 Å². The van der Waals surface area contributed by atoms with Crippen molar-refractivity contribution >= 4 is 27.6 Å². The molecule has 1 fully saturated rings. The lowest BCUT2D eigenvalue weighted by Crippen LogP contribution is -2.45. The molecule has 3 atom stereocenters. The summed E-state index contributed by atoms with van der Waals surface area (Å²) >= 11 is 0. The molecule has 1 N–H and O–H groups in total. The number of hydrogen-bond donors (Lipinski definition) is 1. The highest BCUT2D eigenvalue weighted by Crippen LogP contribution is 2.33. The Morgan fingerprint density at radius 2 is 1.88 bits per heavy atom. The van der Waals surface area contributed by atoms with E-state index in [9.17, 15) is 18.0 Å². The van der Waals surface area contributed by atoms with E-state index in [1.165, 1.54) is 28.6 Å². The van der Waals surface area contributed by atoms with Crippen molar-refractivity contribution in [3.8, 4) is 0 Å². The van der Waals surface area contributed by atoms with Gasteiger partial charge in [-0.25, -0.2) is 13.2 Å². The van der Waals surface area contributed by atoms with Crippen molar-refractivity contribution in [2.75, 3.05) is 17.5 Å². The number of carbonyl (C=O) groups excluding carboxylic acids is 2. The molecule has 0 bridgehead atoms. The van der Waals surface area contributed by atoms with Crippen LogP contribution < -0.4 is 9.62 Å². The third kappa shape index (κ3) is 4.90. The molecule has 2 aromatic rings. The van der Waals surface area contributed by atoms with Gasteiger partial charge in [0.2, 0.25) is 0 Å². The average molecular weight is 471 g/mol. The first kappa shape index (κ1) is 23.3. The molecule has 1 aliphatic carbocycles. The molecular formula is C25H30N2O5S. The first-order valence-electron chi connectivity index (χ1n) is 11.4. The predicted octanol–water partition coefficient (Wildman–Crippen LogP) is 3.54. The van der Waals surface area contributed by atoms with E-state index in [1.54, 1.807) is 12.1 Å². The molecule has 176 valence electrons. The van der Waals surface area contributed by atoms with E-state index in [2.05, 4.69) is 19.2 Å². The summed E-state index contributed by atoms with van der Waals surface area (Å²) in [5, 5.41) is 2.97. The maximum atomic E-state index is 13.2. The molecule has 1 amide bonds. The van der Waals surface area contributed by atoms with Crippen LogP contribution in [0.5, 0.6) is 0 Å². The van der Waals surface area contributed by atoms with Gasteiger partial charge in [0.15, 0.2) is 6.61 Å². The third-order valence-corrected chi connectivity index (χ3v) is 8.70. The molecule has 2 aromatic carbocycles. The summed E-state index contributed by atoms with van der Waals surface area (Å²) in [4.78, 5) is 24.9. The van der Waals surface area contributed by atoms with E-state index in [0.717, 1.165) is 24.8 Å². The van der Waals surface area contributed by atoms with Crippen molar-refractivity contribution < 1.29 is 22.7 Å². The Kier molecular flexibility index (Phi) is 6.74. The minimum absolute atomic E-state index is 0.0168. The van der Waals surface area contributed by atoms with E-state index in [4.69, 9.17) is 4.74 Å². The second kappa shape index (κ2) is 9.55. The molecule has 0 aromatic heterocycles. The third-order valence-electron chi connectivity index (χ3n) is 6.89. The molecule has 8 heteroatoms. The summed E-state index contributed by atoms with van der Waals surface area (Å²) < 4.78 is 33.0. The number of amides is 1. The summed E-state index contributed by atoms with van der Waals surface area (Å²) in [5.41, 5.74) is 1.73. The van der Waals surface area contributed by atoms with Crippen LogP contribution in [0.15, 0.2) is 53.4 Å². The average Bonchev–Trinajstić information content (AvgIpc) is 3.26. The summed E-state index contributed by atoms with van der Waals surface area (Å²) in [6.07, 6.45) is 3.79. The van der Waals surface area contributed by atoms with Crippen molar-refractivity contribution in [1.29, 1.82) is 0 Å². The standard InChI is InChI=1S/C25H30N2O5S/c1-17-7-5-11-22(18(17)2)26-24(28)16-32-25(29)20-9-6-10-21(15-20)33(30,31)27-14-13-19-8-3-4-12-23(19)27/h3-4,6,8-10,12,15,17-18,22H,5,7,11,13-14,16H2,1-2H3,(H,26,28)/t17-,18+,22-/m1/s1. The van der Waals surface area contributed by atoms with Crippen LogP contribution in [-0.4, -0.2) is 39.5 Å². The number of para-hydroxylation sites is 1. The van der Waals surface area contributed by atoms with Crippen molar-refractivity contribution in [3.63, 3.8) is 0 Å². The molecule has 1 aliphatic heterocycles. The maximum Gasteiger partial charge on any atom is 0.338 e. The van der Waals surface area contributed by atoms with Crippen molar-refractivity contribution in [2.24, 2.45) is 11.8 Å². The van der Waals surface area contributed by atoms with Gasteiger partial charge in [0.05, 0.1) is 16.1 Å². The Balaban J connectivity index is 1.40. The van der Waals surface area contributed by atoms with E-state index < -0.39 is 22.6 Å². The van der Waals surface area contributed by atoms with Crippen LogP contribution in [0, 0.1) is 11.8 Å². The highest BCUT2D eigenvalue weighted by molar-refractivity contribution is 7.92. The topological polar surface area (TPSA) is 92.8 Å². The monoisotopic (exact) mass is 470 g/mol.